The first-order valence-corrected chi connectivity index (χ1v) is 5.93. The molecule has 0 aliphatic heterocycles. The minimum atomic E-state index is -0.195. The third-order valence-electron chi connectivity index (χ3n) is 3.26. The van der Waals surface area contributed by atoms with E-state index in [1.54, 1.807) is 12.3 Å². The molecule has 0 atom stereocenters. The van der Waals surface area contributed by atoms with Gasteiger partial charge in [0.25, 0.3) is 0 Å². The van der Waals surface area contributed by atoms with Crippen LogP contribution in [0.4, 0.5) is 4.39 Å². The average molecular weight is 222 g/mol. The molecule has 16 heavy (non-hydrogen) atoms. The minimum absolute atomic E-state index is 0.130. The van der Waals surface area contributed by atoms with Gasteiger partial charge in [-0.1, -0.05) is 13.8 Å². The van der Waals surface area contributed by atoms with E-state index in [1.165, 1.54) is 19.0 Å². The van der Waals surface area contributed by atoms with E-state index in [1.807, 2.05) is 0 Å². The van der Waals surface area contributed by atoms with Crippen LogP contribution in [0.3, 0.4) is 0 Å². The maximum absolute atomic E-state index is 13.6. The number of aromatic nitrogens is 1. The fourth-order valence-electron chi connectivity index (χ4n) is 1.93. The molecule has 1 fully saturated rings. The number of pyridine rings is 1. The van der Waals surface area contributed by atoms with E-state index in [2.05, 4.69) is 24.1 Å². The van der Waals surface area contributed by atoms with Gasteiger partial charge in [-0.3, -0.25) is 4.98 Å². The molecule has 1 N–H and O–H groups in total. The molecule has 3 heteroatoms. The Bertz CT molecular complexity index is 359. The summed E-state index contributed by atoms with van der Waals surface area (Å²) in [5.74, 6) is -0.195. The third kappa shape index (κ3) is 2.79. The Hall–Kier alpha value is -0.960. The summed E-state index contributed by atoms with van der Waals surface area (Å²) >= 11 is 0. The Labute approximate surface area is 96.3 Å². The number of hydrogen-bond acceptors (Lipinski definition) is 2. The van der Waals surface area contributed by atoms with Crippen molar-refractivity contribution in [1.29, 1.82) is 0 Å². The molecule has 1 aromatic heterocycles. The molecule has 1 aliphatic carbocycles. The molecule has 0 amide bonds. The summed E-state index contributed by atoms with van der Waals surface area (Å²) < 4.78 is 13.6. The average Bonchev–Trinajstić information content (AvgIpc) is 3.02. The summed E-state index contributed by atoms with van der Waals surface area (Å²) in [6.45, 7) is 5.12. The normalized spacial score (nSPS) is 16.4. The lowest BCUT2D eigenvalue weighted by Crippen LogP contribution is -2.27. The van der Waals surface area contributed by atoms with Crippen LogP contribution in [0.15, 0.2) is 18.5 Å². The Morgan fingerprint density at radius 2 is 2.25 bits per heavy atom. The summed E-state index contributed by atoms with van der Waals surface area (Å²) in [6, 6.07) is 2.50. The first kappa shape index (κ1) is 11.5. The number of hydrogen-bond donors (Lipinski definition) is 1. The van der Waals surface area contributed by atoms with Crippen LogP contribution >= 0.6 is 0 Å². The first-order valence-electron chi connectivity index (χ1n) is 5.93. The third-order valence-corrected chi connectivity index (χ3v) is 3.26. The molecule has 0 saturated heterocycles. The second-order valence-electron chi connectivity index (χ2n) is 5.22. The minimum Gasteiger partial charge on any atom is -0.314 e. The zero-order chi connectivity index (χ0) is 11.6. The topological polar surface area (TPSA) is 24.9 Å². The summed E-state index contributed by atoms with van der Waals surface area (Å²) in [7, 11) is 0. The predicted molar refractivity (Wildman–Crippen MR) is 62.9 cm³/mol. The molecule has 1 heterocycles. The Morgan fingerprint density at radius 1 is 1.50 bits per heavy atom. The lowest BCUT2D eigenvalue weighted by atomic mass is 9.82. The molecule has 0 aromatic carbocycles. The van der Waals surface area contributed by atoms with Gasteiger partial charge in [-0.2, -0.15) is 0 Å². The van der Waals surface area contributed by atoms with Crippen LogP contribution in [0, 0.1) is 5.82 Å². The van der Waals surface area contributed by atoms with E-state index in [0.29, 0.717) is 0 Å². The van der Waals surface area contributed by atoms with Crippen molar-refractivity contribution in [3.63, 3.8) is 0 Å². The van der Waals surface area contributed by atoms with E-state index in [4.69, 9.17) is 0 Å². The quantitative estimate of drug-likeness (QED) is 0.828. The number of halogens is 1. The standard InChI is InChI=1S/C13H19FN2/c1-13(2,6-8-16-10-3-4-10)11-5-7-15-9-12(11)14/h5,7,9-10,16H,3-4,6,8H2,1-2H3. The van der Waals surface area contributed by atoms with Gasteiger partial charge in [0.1, 0.15) is 5.82 Å². The lowest BCUT2D eigenvalue weighted by molar-refractivity contribution is 0.432. The highest BCUT2D eigenvalue weighted by molar-refractivity contribution is 5.22. The van der Waals surface area contributed by atoms with Crippen molar-refractivity contribution >= 4 is 0 Å². The van der Waals surface area contributed by atoms with Gasteiger partial charge in [-0.25, -0.2) is 4.39 Å². The van der Waals surface area contributed by atoms with Gasteiger partial charge in [0, 0.05) is 12.2 Å². The molecule has 0 bridgehead atoms. The fraction of sp³-hybridized carbons (Fsp3) is 0.615. The zero-order valence-corrected chi connectivity index (χ0v) is 9.96. The maximum Gasteiger partial charge on any atom is 0.145 e. The monoisotopic (exact) mass is 222 g/mol. The van der Waals surface area contributed by atoms with Gasteiger partial charge in [0.15, 0.2) is 0 Å². The Morgan fingerprint density at radius 3 is 2.88 bits per heavy atom. The van der Waals surface area contributed by atoms with Crippen LogP contribution in [-0.4, -0.2) is 17.6 Å². The molecule has 1 saturated carbocycles. The van der Waals surface area contributed by atoms with E-state index >= 15 is 0 Å². The number of nitrogens with one attached hydrogen (secondary N) is 1. The highest BCUT2D eigenvalue weighted by Crippen LogP contribution is 2.28. The van der Waals surface area contributed by atoms with Crippen LogP contribution in [0.25, 0.3) is 0 Å². The molecular formula is C13H19FN2. The van der Waals surface area contributed by atoms with Crippen molar-refractivity contribution in [1.82, 2.24) is 10.3 Å². The molecule has 88 valence electrons. The van der Waals surface area contributed by atoms with Crippen LogP contribution in [-0.2, 0) is 5.41 Å². The van der Waals surface area contributed by atoms with Gasteiger partial charge < -0.3 is 5.32 Å². The van der Waals surface area contributed by atoms with Crippen molar-refractivity contribution < 1.29 is 4.39 Å². The van der Waals surface area contributed by atoms with Gasteiger partial charge in [-0.15, -0.1) is 0 Å². The second kappa shape index (κ2) is 4.50. The van der Waals surface area contributed by atoms with E-state index < -0.39 is 0 Å². The highest BCUT2D eigenvalue weighted by atomic mass is 19.1. The number of nitrogens with zero attached hydrogens (tertiary/aromatic N) is 1. The van der Waals surface area contributed by atoms with Gasteiger partial charge in [0.2, 0.25) is 0 Å². The van der Waals surface area contributed by atoms with Crippen LogP contribution < -0.4 is 5.32 Å². The zero-order valence-electron chi connectivity index (χ0n) is 9.96. The Balaban J connectivity index is 1.96. The molecular weight excluding hydrogens is 203 g/mol. The van der Waals surface area contributed by atoms with Crippen molar-refractivity contribution in [2.45, 2.75) is 44.6 Å². The molecule has 2 nitrogen and oxygen atoms in total. The lowest BCUT2D eigenvalue weighted by Gasteiger charge is -2.25. The Kier molecular flexibility index (Phi) is 3.24. The van der Waals surface area contributed by atoms with Gasteiger partial charge in [-0.05, 0) is 42.9 Å². The van der Waals surface area contributed by atoms with E-state index in [-0.39, 0.29) is 11.2 Å². The second-order valence-corrected chi connectivity index (χ2v) is 5.22. The molecule has 0 radical (unpaired) electrons. The predicted octanol–water partition coefficient (Wildman–Crippen LogP) is 2.64. The van der Waals surface area contributed by atoms with Crippen LogP contribution in [0.2, 0.25) is 0 Å². The molecule has 1 aliphatic rings. The highest BCUT2D eigenvalue weighted by Gasteiger charge is 2.25. The molecule has 0 unspecified atom stereocenters. The SMILES string of the molecule is CC(C)(CCNC1CC1)c1ccncc1F. The summed E-state index contributed by atoms with van der Waals surface area (Å²) in [6.07, 6.45) is 6.50. The van der Waals surface area contributed by atoms with Crippen molar-refractivity contribution in [2.24, 2.45) is 0 Å². The van der Waals surface area contributed by atoms with Gasteiger partial charge in [0.05, 0.1) is 6.20 Å². The van der Waals surface area contributed by atoms with E-state index in [9.17, 15) is 4.39 Å². The summed E-state index contributed by atoms with van der Waals surface area (Å²) in [4.78, 5) is 3.79. The maximum atomic E-state index is 13.6. The van der Waals surface area contributed by atoms with Gasteiger partial charge >= 0.3 is 0 Å². The molecule has 0 spiro atoms. The smallest absolute Gasteiger partial charge is 0.145 e. The van der Waals surface area contributed by atoms with Crippen LogP contribution in [0.1, 0.15) is 38.7 Å². The van der Waals surface area contributed by atoms with Crippen molar-refractivity contribution in [2.75, 3.05) is 6.54 Å². The summed E-state index contributed by atoms with van der Waals surface area (Å²) in [5, 5.41) is 3.46. The fourth-order valence-corrected chi connectivity index (χ4v) is 1.93. The first-order chi connectivity index (χ1) is 7.59. The summed E-state index contributed by atoms with van der Waals surface area (Å²) in [5.41, 5.74) is 0.634. The van der Waals surface area contributed by atoms with E-state index in [0.717, 1.165) is 24.6 Å². The van der Waals surface area contributed by atoms with Crippen molar-refractivity contribution in [3.8, 4) is 0 Å². The van der Waals surface area contributed by atoms with Crippen LogP contribution in [0.5, 0.6) is 0 Å². The number of rotatable bonds is 5. The molecule has 2 rings (SSSR count). The molecule has 1 aromatic rings. The van der Waals surface area contributed by atoms with Crippen molar-refractivity contribution in [3.05, 3.63) is 29.8 Å². The largest absolute Gasteiger partial charge is 0.314 e.